The summed E-state index contributed by atoms with van der Waals surface area (Å²) < 4.78 is 25.2. The van der Waals surface area contributed by atoms with Gasteiger partial charge in [0.2, 0.25) is 10.0 Å². The molecule has 0 aliphatic rings. The maximum atomic E-state index is 11.4. The molecule has 1 N–H and O–H groups in total. The Balaban J connectivity index is 3.02. The molecule has 0 aliphatic carbocycles. The predicted molar refractivity (Wildman–Crippen MR) is 52.3 cm³/mol. The van der Waals surface area contributed by atoms with Gasteiger partial charge in [-0.25, -0.2) is 13.1 Å². The summed E-state index contributed by atoms with van der Waals surface area (Å²) in [6.07, 6.45) is 0. The number of hydrogen-bond donors (Lipinski definition) is 1. The Kier molecular flexibility index (Phi) is 3.30. The van der Waals surface area contributed by atoms with Crippen LogP contribution < -0.4 is 4.72 Å². The Hall–Kier alpha value is -0.580. The van der Waals surface area contributed by atoms with Crippen LogP contribution in [0, 0.1) is 0 Å². The van der Waals surface area contributed by atoms with Crippen LogP contribution in [-0.4, -0.2) is 15.0 Å². The Labute approximate surface area is 82.8 Å². The number of halogens is 1. The van der Waals surface area contributed by atoms with Gasteiger partial charge >= 0.3 is 0 Å². The lowest BCUT2D eigenvalue weighted by molar-refractivity contribution is 0.584. The van der Waals surface area contributed by atoms with Crippen molar-refractivity contribution in [1.82, 2.24) is 4.72 Å². The first-order chi connectivity index (χ1) is 6.06. The molecule has 1 aromatic rings. The monoisotopic (exact) mass is 219 g/mol. The highest BCUT2D eigenvalue weighted by Crippen LogP contribution is 2.13. The summed E-state index contributed by atoms with van der Waals surface area (Å²) in [6, 6.07) is 6.04. The molecule has 0 bridgehead atoms. The minimum atomic E-state index is -3.34. The fourth-order valence-corrected chi connectivity index (χ4v) is 2.05. The molecule has 3 nitrogen and oxygen atoms in total. The normalized spacial score (nSPS) is 11.5. The van der Waals surface area contributed by atoms with E-state index >= 15 is 0 Å². The topological polar surface area (TPSA) is 46.2 Å². The van der Waals surface area contributed by atoms with Crippen molar-refractivity contribution >= 4 is 21.6 Å². The molecule has 1 aromatic carbocycles. The molecule has 0 aromatic heterocycles. The van der Waals surface area contributed by atoms with Crippen LogP contribution in [0.25, 0.3) is 0 Å². The molecule has 5 heteroatoms. The molecule has 0 spiro atoms. The van der Waals surface area contributed by atoms with Crippen LogP contribution in [-0.2, 0) is 10.0 Å². The lowest BCUT2D eigenvalue weighted by Gasteiger charge is -2.03. The van der Waals surface area contributed by atoms with Crippen molar-refractivity contribution in [3.8, 4) is 0 Å². The summed E-state index contributed by atoms with van der Waals surface area (Å²) in [6.45, 7) is 2.11. The van der Waals surface area contributed by atoms with Gasteiger partial charge in [-0.2, -0.15) is 0 Å². The lowest BCUT2D eigenvalue weighted by Crippen LogP contribution is -2.22. The summed E-state index contributed by atoms with van der Waals surface area (Å²) >= 11 is 5.62. The number of hydrogen-bond acceptors (Lipinski definition) is 2. The third-order valence-electron chi connectivity index (χ3n) is 1.46. The average molecular weight is 220 g/mol. The van der Waals surface area contributed by atoms with Gasteiger partial charge in [0, 0.05) is 11.6 Å². The van der Waals surface area contributed by atoms with Crippen molar-refractivity contribution in [3.05, 3.63) is 29.3 Å². The minimum Gasteiger partial charge on any atom is -0.211 e. The fourth-order valence-electron chi connectivity index (χ4n) is 0.887. The zero-order valence-electron chi connectivity index (χ0n) is 7.12. The number of benzene rings is 1. The Bertz CT molecular complexity index is 372. The second-order valence-corrected chi connectivity index (χ2v) is 4.66. The van der Waals surface area contributed by atoms with E-state index in [1.807, 2.05) is 0 Å². The summed E-state index contributed by atoms with van der Waals surface area (Å²) in [5.74, 6) is 0. The van der Waals surface area contributed by atoms with Gasteiger partial charge < -0.3 is 0 Å². The second kappa shape index (κ2) is 4.09. The molecule has 0 saturated carbocycles. The lowest BCUT2D eigenvalue weighted by atomic mass is 10.4. The summed E-state index contributed by atoms with van der Waals surface area (Å²) in [7, 11) is -3.34. The first kappa shape index (κ1) is 10.5. The van der Waals surface area contributed by atoms with Gasteiger partial charge in [0.15, 0.2) is 0 Å². The smallest absolute Gasteiger partial charge is 0.211 e. The van der Waals surface area contributed by atoms with E-state index in [1.165, 1.54) is 12.1 Å². The molecule has 13 heavy (non-hydrogen) atoms. The van der Waals surface area contributed by atoms with E-state index in [0.29, 0.717) is 11.6 Å². The zero-order chi connectivity index (χ0) is 9.90. The molecule has 0 saturated heterocycles. The van der Waals surface area contributed by atoms with Gasteiger partial charge in [-0.3, -0.25) is 0 Å². The van der Waals surface area contributed by atoms with Crippen molar-refractivity contribution in [2.45, 2.75) is 11.8 Å². The van der Waals surface area contributed by atoms with Gasteiger partial charge in [-0.1, -0.05) is 18.5 Å². The molecule has 0 radical (unpaired) electrons. The van der Waals surface area contributed by atoms with Crippen LogP contribution in [0.5, 0.6) is 0 Å². The molecule has 0 heterocycles. The largest absolute Gasteiger partial charge is 0.240 e. The third-order valence-corrected chi connectivity index (χ3v) is 3.27. The van der Waals surface area contributed by atoms with E-state index in [1.54, 1.807) is 19.1 Å². The van der Waals surface area contributed by atoms with Gasteiger partial charge in [0.1, 0.15) is 0 Å². The van der Waals surface area contributed by atoms with Crippen LogP contribution in [0.15, 0.2) is 29.2 Å². The minimum absolute atomic E-state index is 0.235. The Morgan fingerprint density at radius 2 is 1.85 bits per heavy atom. The van der Waals surface area contributed by atoms with E-state index in [2.05, 4.69) is 4.72 Å². The quantitative estimate of drug-likeness (QED) is 0.840. The average Bonchev–Trinajstić information content (AvgIpc) is 2.05. The van der Waals surface area contributed by atoms with Crippen molar-refractivity contribution < 1.29 is 8.42 Å². The van der Waals surface area contributed by atoms with Gasteiger partial charge in [0.25, 0.3) is 0 Å². The predicted octanol–water partition coefficient (Wildman–Crippen LogP) is 1.64. The van der Waals surface area contributed by atoms with Gasteiger partial charge in [-0.15, -0.1) is 0 Å². The highest BCUT2D eigenvalue weighted by molar-refractivity contribution is 7.89. The SMILES string of the molecule is CCNS(=O)(=O)c1ccc(Cl)cc1. The standard InChI is InChI=1S/C8H10ClNO2S/c1-2-10-13(11,12)8-5-3-7(9)4-6-8/h3-6,10H,2H2,1H3. The maximum Gasteiger partial charge on any atom is 0.240 e. The van der Waals surface area contributed by atoms with E-state index in [0.717, 1.165) is 0 Å². The van der Waals surface area contributed by atoms with E-state index < -0.39 is 10.0 Å². The van der Waals surface area contributed by atoms with Crippen molar-refractivity contribution in [3.63, 3.8) is 0 Å². The van der Waals surface area contributed by atoms with Crippen LogP contribution in [0.4, 0.5) is 0 Å². The Morgan fingerprint density at radius 1 is 1.31 bits per heavy atom. The van der Waals surface area contributed by atoms with Crippen molar-refractivity contribution in [2.75, 3.05) is 6.54 Å². The van der Waals surface area contributed by atoms with Gasteiger partial charge in [0.05, 0.1) is 4.90 Å². The fraction of sp³-hybridized carbons (Fsp3) is 0.250. The molecule has 72 valence electrons. The number of rotatable bonds is 3. The Morgan fingerprint density at radius 3 is 2.31 bits per heavy atom. The molecule has 0 aliphatic heterocycles. The zero-order valence-corrected chi connectivity index (χ0v) is 8.69. The summed E-state index contributed by atoms with van der Waals surface area (Å²) in [5, 5.41) is 0.524. The number of nitrogens with one attached hydrogen (secondary N) is 1. The van der Waals surface area contributed by atoms with E-state index in [-0.39, 0.29) is 4.90 Å². The van der Waals surface area contributed by atoms with E-state index in [9.17, 15) is 8.42 Å². The van der Waals surface area contributed by atoms with Crippen LogP contribution in [0.2, 0.25) is 5.02 Å². The summed E-state index contributed by atoms with van der Waals surface area (Å²) in [4.78, 5) is 0.235. The highest BCUT2D eigenvalue weighted by atomic mass is 35.5. The van der Waals surface area contributed by atoms with Crippen molar-refractivity contribution in [1.29, 1.82) is 0 Å². The second-order valence-electron chi connectivity index (χ2n) is 2.46. The molecule has 1 rings (SSSR count). The van der Waals surface area contributed by atoms with Crippen LogP contribution in [0.1, 0.15) is 6.92 Å². The molecular weight excluding hydrogens is 210 g/mol. The molecule has 0 fully saturated rings. The molecule has 0 amide bonds. The van der Waals surface area contributed by atoms with Crippen LogP contribution >= 0.6 is 11.6 Å². The highest BCUT2D eigenvalue weighted by Gasteiger charge is 2.10. The first-order valence-corrected chi connectivity index (χ1v) is 5.67. The third kappa shape index (κ3) is 2.69. The van der Waals surface area contributed by atoms with Crippen molar-refractivity contribution in [2.24, 2.45) is 0 Å². The molecule has 0 atom stereocenters. The molecular formula is C8H10ClNO2S. The van der Waals surface area contributed by atoms with E-state index in [4.69, 9.17) is 11.6 Å². The van der Waals surface area contributed by atoms with Crippen LogP contribution in [0.3, 0.4) is 0 Å². The van der Waals surface area contributed by atoms with Gasteiger partial charge in [-0.05, 0) is 24.3 Å². The summed E-state index contributed by atoms with van der Waals surface area (Å²) in [5.41, 5.74) is 0. The number of sulfonamides is 1. The first-order valence-electron chi connectivity index (χ1n) is 3.81. The maximum absolute atomic E-state index is 11.4. The molecule has 0 unspecified atom stereocenters.